The Kier molecular flexibility index (Phi) is 4.89. The predicted octanol–water partition coefficient (Wildman–Crippen LogP) is 3.18. The third kappa shape index (κ3) is 5.05. The molecule has 82 valence electrons. The summed E-state index contributed by atoms with van der Waals surface area (Å²) in [6.07, 6.45) is 0.905. The van der Waals surface area contributed by atoms with Crippen molar-refractivity contribution in [2.45, 2.75) is 41.0 Å². The summed E-state index contributed by atoms with van der Waals surface area (Å²) in [5.74, 6) is 0.256. The smallest absolute Gasteiger partial charge is 0.333 e. The zero-order chi connectivity index (χ0) is 11.4. The van der Waals surface area contributed by atoms with E-state index in [1.807, 2.05) is 0 Å². The van der Waals surface area contributed by atoms with Gasteiger partial charge in [0.25, 0.3) is 0 Å². The minimum Gasteiger partial charge on any atom is -0.462 e. The van der Waals surface area contributed by atoms with Crippen molar-refractivity contribution in [1.29, 1.82) is 0 Å². The summed E-state index contributed by atoms with van der Waals surface area (Å²) >= 11 is 0. The molecule has 2 heteroatoms. The van der Waals surface area contributed by atoms with E-state index < -0.39 is 0 Å². The average Bonchev–Trinajstić information content (AvgIpc) is 2.01. The Balaban J connectivity index is 3.76. The van der Waals surface area contributed by atoms with Crippen molar-refractivity contribution in [1.82, 2.24) is 0 Å². The van der Waals surface area contributed by atoms with Gasteiger partial charge in [0.05, 0.1) is 6.61 Å². The molecule has 0 aliphatic heterocycles. The summed E-state index contributed by atoms with van der Waals surface area (Å²) in [6, 6.07) is 0. The molecule has 0 rings (SSSR count). The van der Waals surface area contributed by atoms with Gasteiger partial charge in [0, 0.05) is 5.57 Å². The van der Waals surface area contributed by atoms with Crippen LogP contribution in [-0.2, 0) is 9.53 Å². The van der Waals surface area contributed by atoms with Crippen LogP contribution in [0.25, 0.3) is 0 Å². The maximum Gasteiger partial charge on any atom is 0.333 e. The molecule has 0 N–H and O–H groups in total. The third-order valence-electron chi connectivity index (χ3n) is 2.61. The maximum absolute atomic E-state index is 11.1. The van der Waals surface area contributed by atoms with Gasteiger partial charge < -0.3 is 4.74 Å². The molecule has 0 heterocycles. The Morgan fingerprint density at radius 2 is 1.93 bits per heavy atom. The normalized spacial score (nSPS) is 13.5. The fourth-order valence-corrected chi connectivity index (χ4v) is 0.885. The molecule has 0 aliphatic carbocycles. The second kappa shape index (κ2) is 5.18. The van der Waals surface area contributed by atoms with E-state index in [2.05, 4.69) is 34.3 Å². The maximum atomic E-state index is 11.1. The van der Waals surface area contributed by atoms with Gasteiger partial charge in [-0.3, -0.25) is 0 Å². The van der Waals surface area contributed by atoms with Gasteiger partial charge in [0.2, 0.25) is 0 Å². The molecule has 0 saturated carbocycles. The third-order valence-corrected chi connectivity index (χ3v) is 2.61. The fourth-order valence-electron chi connectivity index (χ4n) is 0.885. The number of carbonyl (C=O) groups excluding carboxylic acids is 1. The number of hydrogen-bond donors (Lipinski definition) is 0. The van der Waals surface area contributed by atoms with Gasteiger partial charge >= 0.3 is 5.97 Å². The zero-order valence-corrected chi connectivity index (χ0v) is 10.0. The molecule has 0 saturated heterocycles. The average molecular weight is 198 g/mol. The van der Waals surface area contributed by atoms with Crippen LogP contribution < -0.4 is 0 Å². The van der Waals surface area contributed by atoms with Crippen molar-refractivity contribution in [2.75, 3.05) is 6.61 Å². The standard InChI is InChI=1S/C12H22O2/c1-9(2)11(13)14-8-7-10(3)12(4,5)6/h10H,1,7-8H2,2-6H3/t10-/m0/s1. The van der Waals surface area contributed by atoms with E-state index in [-0.39, 0.29) is 11.4 Å². The molecule has 0 fully saturated rings. The molecule has 0 spiro atoms. The van der Waals surface area contributed by atoms with Gasteiger partial charge in [0.1, 0.15) is 0 Å². The van der Waals surface area contributed by atoms with Crippen LogP contribution in [0.2, 0.25) is 0 Å². The molecule has 0 aromatic rings. The lowest BCUT2D eigenvalue weighted by atomic mass is 9.80. The summed E-state index contributed by atoms with van der Waals surface area (Å²) in [5, 5.41) is 0. The van der Waals surface area contributed by atoms with Crippen LogP contribution in [0.4, 0.5) is 0 Å². The first-order valence-electron chi connectivity index (χ1n) is 5.07. The van der Waals surface area contributed by atoms with Crippen molar-refractivity contribution in [3.63, 3.8) is 0 Å². The number of esters is 1. The predicted molar refractivity (Wildman–Crippen MR) is 59.0 cm³/mol. The van der Waals surface area contributed by atoms with Gasteiger partial charge in [-0.2, -0.15) is 0 Å². The summed E-state index contributed by atoms with van der Waals surface area (Å²) in [4.78, 5) is 11.1. The van der Waals surface area contributed by atoms with Crippen molar-refractivity contribution in [3.8, 4) is 0 Å². The van der Waals surface area contributed by atoms with E-state index in [4.69, 9.17) is 4.74 Å². The number of ether oxygens (including phenoxy) is 1. The van der Waals surface area contributed by atoms with Crippen LogP contribution in [0.3, 0.4) is 0 Å². The molecule has 0 unspecified atom stereocenters. The van der Waals surface area contributed by atoms with Gasteiger partial charge in [0.15, 0.2) is 0 Å². The van der Waals surface area contributed by atoms with Crippen LogP contribution in [-0.4, -0.2) is 12.6 Å². The summed E-state index contributed by atoms with van der Waals surface area (Å²) in [6.45, 7) is 14.4. The Morgan fingerprint density at radius 3 is 2.29 bits per heavy atom. The Bertz CT molecular complexity index is 211. The largest absolute Gasteiger partial charge is 0.462 e. The number of rotatable bonds is 4. The van der Waals surface area contributed by atoms with Crippen molar-refractivity contribution in [3.05, 3.63) is 12.2 Å². The van der Waals surface area contributed by atoms with E-state index >= 15 is 0 Å². The lowest BCUT2D eigenvalue weighted by molar-refractivity contribution is -0.139. The number of hydrogen-bond acceptors (Lipinski definition) is 2. The topological polar surface area (TPSA) is 26.3 Å². The lowest BCUT2D eigenvalue weighted by Gasteiger charge is -2.26. The first-order valence-corrected chi connectivity index (χ1v) is 5.07. The second-order valence-corrected chi connectivity index (χ2v) is 4.97. The van der Waals surface area contributed by atoms with Gasteiger partial charge in [-0.1, -0.05) is 34.3 Å². The van der Waals surface area contributed by atoms with E-state index in [0.29, 0.717) is 18.1 Å². The highest BCUT2D eigenvalue weighted by molar-refractivity contribution is 5.86. The first-order chi connectivity index (χ1) is 6.25. The molecule has 14 heavy (non-hydrogen) atoms. The summed E-state index contributed by atoms with van der Waals surface area (Å²) in [7, 11) is 0. The minimum absolute atomic E-state index is 0.273. The monoisotopic (exact) mass is 198 g/mol. The van der Waals surface area contributed by atoms with Crippen LogP contribution >= 0.6 is 0 Å². The Labute approximate surface area is 87.3 Å². The molecule has 0 bridgehead atoms. The van der Waals surface area contributed by atoms with Crippen molar-refractivity contribution in [2.24, 2.45) is 11.3 Å². The quantitative estimate of drug-likeness (QED) is 0.512. The van der Waals surface area contributed by atoms with Gasteiger partial charge in [-0.15, -0.1) is 0 Å². The van der Waals surface area contributed by atoms with E-state index in [1.54, 1.807) is 6.92 Å². The molecular weight excluding hydrogens is 176 g/mol. The molecule has 0 aromatic heterocycles. The summed E-state index contributed by atoms with van der Waals surface area (Å²) in [5.41, 5.74) is 0.740. The second-order valence-electron chi connectivity index (χ2n) is 4.97. The van der Waals surface area contributed by atoms with Gasteiger partial charge in [-0.05, 0) is 24.7 Å². The molecule has 0 radical (unpaired) electrons. The highest BCUT2D eigenvalue weighted by Gasteiger charge is 2.19. The van der Waals surface area contributed by atoms with Crippen LogP contribution in [0.5, 0.6) is 0 Å². The molecular formula is C12H22O2. The van der Waals surface area contributed by atoms with E-state index in [1.165, 1.54) is 0 Å². The first kappa shape index (κ1) is 13.2. The van der Waals surface area contributed by atoms with E-state index in [9.17, 15) is 4.79 Å². The molecule has 1 atom stereocenters. The van der Waals surface area contributed by atoms with Gasteiger partial charge in [-0.25, -0.2) is 4.79 Å². The Hall–Kier alpha value is -0.790. The fraction of sp³-hybridized carbons (Fsp3) is 0.750. The molecule has 0 aromatic carbocycles. The Morgan fingerprint density at radius 1 is 1.43 bits per heavy atom. The highest BCUT2D eigenvalue weighted by Crippen LogP contribution is 2.27. The van der Waals surface area contributed by atoms with Crippen LogP contribution in [0.15, 0.2) is 12.2 Å². The molecule has 2 nitrogen and oxygen atoms in total. The number of carbonyl (C=O) groups is 1. The molecule has 0 amide bonds. The van der Waals surface area contributed by atoms with Crippen molar-refractivity contribution < 1.29 is 9.53 Å². The SMILES string of the molecule is C=C(C)C(=O)OCC[C@H](C)C(C)(C)C. The summed E-state index contributed by atoms with van der Waals surface area (Å²) < 4.78 is 5.03. The highest BCUT2D eigenvalue weighted by atomic mass is 16.5. The molecule has 0 aliphatic rings. The van der Waals surface area contributed by atoms with E-state index in [0.717, 1.165) is 6.42 Å². The van der Waals surface area contributed by atoms with Crippen LogP contribution in [0.1, 0.15) is 41.0 Å². The minimum atomic E-state index is -0.286. The van der Waals surface area contributed by atoms with Crippen LogP contribution in [0, 0.1) is 11.3 Å². The van der Waals surface area contributed by atoms with Crippen molar-refractivity contribution >= 4 is 5.97 Å². The lowest BCUT2D eigenvalue weighted by Crippen LogP contribution is -2.19. The zero-order valence-electron chi connectivity index (χ0n) is 10.0.